The predicted molar refractivity (Wildman–Crippen MR) is 85.7 cm³/mol. The van der Waals surface area contributed by atoms with E-state index in [4.69, 9.17) is 5.73 Å². The molecule has 0 bridgehead atoms. The smallest absolute Gasteiger partial charge is 0.0165 e. The molecule has 20 heavy (non-hydrogen) atoms. The quantitative estimate of drug-likeness (QED) is 0.847. The second-order valence-electron chi connectivity index (χ2n) is 7.10. The van der Waals surface area contributed by atoms with Gasteiger partial charge >= 0.3 is 0 Å². The molecular weight excluding hydrogens is 242 g/mol. The van der Waals surface area contributed by atoms with Gasteiger partial charge in [-0.1, -0.05) is 62.9 Å². The SMILES string of the molecule is CCC1CCCC(C(N)C2(c3ccccc3)CCC2)C1. The zero-order valence-corrected chi connectivity index (χ0v) is 12.9. The Hall–Kier alpha value is -0.820. The van der Waals surface area contributed by atoms with Gasteiger partial charge in [-0.25, -0.2) is 0 Å². The van der Waals surface area contributed by atoms with Crippen LogP contribution in [0.3, 0.4) is 0 Å². The summed E-state index contributed by atoms with van der Waals surface area (Å²) < 4.78 is 0. The lowest BCUT2D eigenvalue weighted by molar-refractivity contribution is 0.114. The molecule has 2 saturated carbocycles. The third-order valence-electron chi connectivity index (χ3n) is 6.14. The van der Waals surface area contributed by atoms with Crippen LogP contribution in [-0.4, -0.2) is 6.04 Å². The molecule has 1 aromatic carbocycles. The number of hydrogen-bond acceptors (Lipinski definition) is 1. The third-order valence-corrected chi connectivity index (χ3v) is 6.14. The molecule has 0 saturated heterocycles. The van der Waals surface area contributed by atoms with E-state index in [9.17, 15) is 0 Å². The van der Waals surface area contributed by atoms with Gasteiger partial charge in [0.25, 0.3) is 0 Å². The summed E-state index contributed by atoms with van der Waals surface area (Å²) in [4.78, 5) is 0. The summed E-state index contributed by atoms with van der Waals surface area (Å²) in [7, 11) is 0. The van der Waals surface area contributed by atoms with E-state index in [1.807, 2.05) is 0 Å². The maximum absolute atomic E-state index is 6.84. The standard InChI is InChI=1S/C19H29N/c1-2-15-8-6-9-16(14-15)18(20)19(12-7-13-19)17-10-4-3-5-11-17/h3-5,10-11,15-16,18H,2,6-9,12-14,20H2,1H3. The van der Waals surface area contributed by atoms with Crippen LogP contribution in [0, 0.1) is 11.8 Å². The maximum atomic E-state index is 6.84. The summed E-state index contributed by atoms with van der Waals surface area (Å²) in [6.45, 7) is 2.34. The first-order chi connectivity index (χ1) is 9.76. The molecule has 0 spiro atoms. The zero-order chi connectivity index (χ0) is 14.0. The Labute approximate surface area is 124 Å². The van der Waals surface area contributed by atoms with Gasteiger partial charge in [0.15, 0.2) is 0 Å². The molecular formula is C19H29N. The van der Waals surface area contributed by atoms with Crippen molar-refractivity contribution in [1.82, 2.24) is 0 Å². The van der Waals surface area contributed by atoms with E-state index in [0.29, 0.717) is 11.5 Å². The van der Waals surface area contributed by atoms with E-state index >= 15 is 0 Å². The first-order valence-electron chi connectivity index (χ1n) is 8.57. The molecule has 0 amide bonds. The van der Waals surface area contributed by atoms with Crippen LogP contribution < -0.4 is 5.73 Å². The van der Waals surface area contributed by atoms with E-state index < -0.39 is 0 Å². The van der Waals surface area contributed by atoms with Gasteiger partial charge in [-0.05, 0) is 43.1 Å². The third kappa shape index (κ3) is 2.41. The Balaban J connectivity index is 1.79. The van der Waals surface area contributed by atoms with Crippen molar-refractivity contribution < 1.29 is 0 Å². The minimum atomic E-state index is 0.293. The molecule has 0 aliphatic heterocycles. The number of hydrogen-bond donors (Lipinski definition) is 1. The van der Waals surface area contributed by atoms with Crippen molar-refractivity contribution in [2.75, 3.05) is 0 Å². The minimum absolute atomic E-state index is 0.293. The lowest BCUT2D eigenvalue weighted by Gasteiger charge is -2.51. The highest BCUT2D eigenvalue weighted by molar-refractivity contribution is 5.31. The summed E-state index contributed by atoms with van der Waals surface area (Å²) in [5, 5.41) is 0. The van der Waals surface area contributed by atoms with Gasteiger partial charge in [0.2, 0.25) is 0 Å². The molecule has 1 aromatic rings. The van der Waals surface area contributed by atoms with Crippen LogP contribution in [0.25, 0.3) is 0 Å². The normalized spacial score (nSPS) is 30.5. The zero-order valence-electron chi connectivity index (χ0n) is 12.9. The van der Waals surface area contributed by atoms with Crippen LogP contribution in [0.2, 0.25) is 0 Å². The molecule has 2 aliphatic rings. The molecule has 1 nitrogen and oxygen atoms in total. The van der Waals surface area contributed by atoms with Crippen molar-refractivity contribution in [1.29, 1.82) is 0 Å². The molecule has 2 fully saturated rings. The van der Waals surface area contributed by atoms with Gasteiger partial charge in [0.1, 0.15) is 0 Å². The highest BCUT2D eigenvalue weighted by atomic mass is 14.7. The summed E-state index contributed by atoms with van der Waals surface area (Å²) in [6.07, 6.45) is 10.8. The van der Waals surface area contributed by atoms with E-state index in [-0.39, 0.29) is 0 Å². The van der Waals surface area contributed by atoms with E-state index in [0.717, 1.165) is 11.8 Å². The molecule has 1 heteroatoms. The van der Waals surface area contributed by atoms with Crippen molar-refractivity contribution >= 4 is 0 Å². The number of rotatable bonds is 4. The molecule has 2 aliphatic carbocycles. The molecule has 3 atom stereocenters. The highest BCUT2D eigenvalue weighted by Gasteiger charge is 2.47. The molecule has 0 radical (unpaired) electrons. The second kappa shape index (κ2) is 5.89. The van der Waals surface area contributed by atoms with Crippen LogP contribution in [0.1, 0.15) is 63.9 Å². The average molecular weight is 271 g/mol. The van der Waals surface area contributed by atoms with Gasteiger partial charge < -0.3 is 5.73 Å². The molecule has 3 unspecified atom stereocenters. The lowest BCUT2D eigenvalue weighted by Crippen LogP contribution is -2.54. The molecule has 0 aromatic heterocycles. The maximum Gasteiger partial charge on any atom is 0.0165 e. The molecule has 0 heterocycles. The largest absolute Gasteiger partial charge is 0.327 e. The van der Waals surface area contributed by atoms with Crippen LogP contribution in [0.5, 0.6) is 0 Å². The minimum Gasteiger partial charge on any atom is -0.327 e. The Morgan fingerprint density at radius 3 is 2.50 bits per heavy atom. The van der Waals surface area contributed by atoms with Crippen molar-refractivity contribution in [3.8, 4) is 0 Å². The topological polar surface area (TPSA) is 26.0 Å². The monoisotopic (exact) mass is 271 g/mol. The highest BCUT2D eigenvalue weighted by Crippen LogP contribution is 2.50. The fourth-order valence-electron chi connectivity index (χ4n) is 4.62. The van der Waals surface area contributed by atoms with Crippen LogP contribution in [0.15, 0.2) is 30.3 Å². The summed E-state index contributed by atoms with van der Waals surface area (Å²) in [6, 6.07) is 11.5. The Kier molecular flexibility index (Phi) is 4.16. The molecule has 110 valence electrons. The van der Waals surface area contributed by atoms with Crippen molar-refractivity contribution in [2.24, 2.45) is 17.6 Å². The number of nitrogens with two attached hydrogens (primary N) is 1. The fourth-order valence-corrected chi connectivity index (χ4v) is 4.62. The Morgan fingerprint density at radius 2 is 1.90 bits per heavy atom. The molecule has 2 N–H and O–H groups in total. The first kappa shape index (κ1) is 14.1. The van der Waals surface area contributed by atoms with Crippen LogP contribution >= 0.6 is 0 Å². The number of benzene rings is 1. The average Bonchev–Trinajstić information content (AvgIpc) is 2.47. The van der Waals surface area contributed by atoms with Gasteiger partial charge in [0.05, 0.1) is 0 Å². The van der Waals surface area contributed by atoms with E-state index in [1.54, 1.807) is 0 Å². The summed E-state index contributed by atoms with van der Waals surface area (Å²) in [5.41, 5.74) is 8.63. The predicted octanol–water partition coefficient (Wildman–Crippen LogP) is 4.65. The van der Waals surface area contributed by atoms with Crippen LogP contribution in [-0.2, 0) is 5.41 Å². The van der Waals surface area contributed by atoms with Crippen molar-refractivity contribution in [2.45, 2.75) is 69.7 Å². The van der Waals surface area contributed by atoms with Crippen molar-refractivity contribution in [3.63, 3.8) is 0 Å². The lowest BCUT2D eigenvalue weighted by atomic mass is 9.56. The van der Waals surface area contributed by atoms with Crippen LogP contribution in [0.4, 0.5) is 0 Å². The van der Waals surface area contributed by atoms with Gasteiger partial charge in [-0.3, -0.25) is 0 Å². The van der Waals surface area contributed by atoms with Gasteiger partial charge in [-0.2, -0.15) is 0 Å². The van der Waals surface area contributed by atoms with Gasteiger partial charge in [-0.15, -0.1) is 0 Å². The van der Waals surface area contributed by atoms with Gasteiger partial charge in [0, 0.05) is 11.5 Å². The van der Waals surface area contributed by atoms with E-state index in [1.165, 1.54) is 56.9 Å². The Morgan fingerprint density at radius 1 is 1.15 bits per heavy atom. The van der Waals surface area contributed by atoms with E-state index in [2.05, 4.69) is 37.3 Å². The summed E-state index contributed by atoms with van der Waals surface area (Å²) >= 11 is 0. The summed E-state index contributed by atoms with van der Waals surface area (Å²) in [5.74, 6) is 1.67. The van der Waals surface area contributed by atoms with Crippen molar-refractivity contribution in [3.05, 3.63) is 35.9 Å². The Bertz CT molecular complexity index is 421. The second-order valence-corrected chi connectivity index (χ2v) is 7.10. The molecule has 3 rings (SSSR count). The fraction of sp³-hybridized carbons (Fsp3) is 0.684. The first-order valence-corrected chi connectivity index (χ1v) is 8.57.